The van der Waals surface area contributed by atoms with E-state index in [0.29, 0.717) is 6.42 Å². The first-order valence-electron chi connectivity index (χ1n) is 6.15. The lowest BCUT2D eigenvalue weighted by Crippen LogP contribution is -1.94. The Morgan fingerprint density at radius 3 is 2.37 bits per heavy atom. The first-order valence-corrected chi connectivity index (χ1v) is 6.15. The zero-order valence-corrected chi connectivity index (χ0v) is 10.8. The van der Waals surface area contributed by atoms with Crippen molar-refractivity contribution in [1.29, 1.82) is 0 Å². The maximum absolute atomic E-state index is 9.96. The molecule has 0 aliphatic rings. The zero-order chi connectivity index (χ0) is 13.5. The molecule has 0 heterocycles. The van der Waals surface area contributed by atoms with Crippen LogP contribution in [0.1, 0.15) is 23.7 Å². The van der Waals surface area contributed by atoms with E-state index >= 15 is 0 Å². The highest BCUT2D eigenvalue weighted by Crippen LogP contribution is 2.15. The van der Waals surface area contributed by atoms with Gasteiger partial charge in [0.15, 0.2) is 0 Å². The molecule has 96 valence electrons. The van der Waals surface area contributed by atoms with Crippen LogP contribution in [0, 0.1) is 11.8 Å². The lowest BCUT2D eigenvalue weighted by atomic mass is 10.1. The highest BCUT2D eigenvalue weighted by Gasteiger charge is 2.03. The number of methoxy groups -OCH3 is 1. The molecule has 2 aromatic rings. The quantitative estimate of drug-likeness (QED) is 0.850. The predicted molar refractivity (Wildman–Crippen MR) is 75.9 cm³/mol. The van der Waals surface area contributed by atoms with E-state index in [1.165, 1.54) is 0 Å². The van der Waals surface area contributed by atoms with Gasteiger partial charge in [0.25, 0.3) is 0 Å². The van der Waals surface area contributed by atoms with E-state index in [1.807, 2.05) is 54.6 Å². The van der Waals surface area contributed by atoms with Gasteiger partial charge in [0, 0.05) is 12.0 Å². The third-order valence-electron chi connectivity index (χ3n) is 2.80. The van der Waals surface area contributed by atoms with Gasteiger partial charge < -0.3 is 9.84 Å². The first-order chi connectivity index (χ1) is 9.29. The van der Waals surface area contributed by atoms with Crippen LogP contribution in [0.4, 0.5) is 0 Å². The molecule has 0 aromatic heterocycles. The van der Waals surface area contributed by atoms with E-state index in [-0.39, 0.29) is 0 Å². The lowest BCUT2D eigenvalue weighted by molar-refractivity contribution is 0.184. The molecular weight excluding hydrogens is 236 g/mol. The van der Waals surface area contributed by atoms with Crippen LogP contribution >= 0.6 is 0 Å². The summed E-state index contributed by atoms with van der Waals surface area (Å²) in [5, 5.41) is 9.96. The second-order valence-corrected chi connectivity index (χ2v) is 4.16. The average molecular weight is 252 g/mol. The molecule has 0 fully saturated rings. The summed E-state index contributed by atoms with van der Waals surface area (Å²) >= 11 is 0. The molecule has 2 heteroatoms. The highest BCUT2D eigenvalue weighted by atomic mass is 16.5. The Balaban J connectivity index is 1.97. The van der Waals surface area contributed by atoms with Gasteiger partial charge in [0.05, 0.1) is 13.2 Å². The van der Waals surface area contributed by atoms with E-state index in [2.05, 4.69) is 11.8 Å². The number of rotatable bonds is 3. The van der Waals surface area contributed by atoms with Crippen molar-refractivity contribution in [3.63, 3.8) is 0 Å². The molecule has 0 saturated heterocycles. The first kappa shape index (κ1) is 13.2. The molecule has 0 aliphatic carbocycles. The maximum atomic E-state index is 9.96. The van der Waals surface area contributed by atoms with Crippen LogP contribution < -0.4 is 4.74 Å². The molecule has 0 aliphatic heterocycles. The fourth-order valence-electron chi connectivity index (χ4n) is 1.72. The lowest BCUT2D eigenvalue weighted by Gasteiger charge is -2.05. The summed E-state index contributed by atoms with van der Waals surface area (Å²) in [7, 11) is 1.64. The van der Waals surface area contributed by atoms with Crippen molar-refractivity contribution in [3.05, 3.63) is 65.7 Å². The molecule has 1 N–H and O–H groups in total. The van der Waals surface area contributed by atoms with Gasteiger partial charge >= 0.3 is 0 Å². The Morgan fingerprint density at radius 2 is 1.74 bits per heavy atom. The number of benzene rings is 2. The minimum atomic E-state index is -0.535. The maximum Gasteiger partial charge on any atom is 0.118 e. The summed E-state index contributed by atoms with van der Waals surface area (Å²) in [5.74, 6) is 6.84. The summed E-state index contributed by atoms with van der Waals surface area (Å²) < 4.78 is 5.08. The van der Waals surface area contributed by atoms with Crippen molar-refractivity contribution >= 4 is 0 Å². The Hall–Kier alpha value is -2.24. The van der Waals surface area contributed by atoms with E-state index < -0.39 is 6.10 Å². The Labute approximate surface area is 113 Å². The standard InChI is InChI=1S/C17H16O2/c1-19-16-12-10-14(11-13-16)6-5-9-17(18)15-7-3-2-4-8-15/h2-4,7-8,10-13,17-18H,9H2,1H3. The number of hydrogen-bond acceptors (Lipinski definition) is 2. The van der Waals surface area contributed by atoms with Crippen LogP contribution in [0.3, 0.4) is 0 Å². The zero-order valence-electron chi connectivity index (χ0n) is 10.8. The van der Waals surface area contributed by atoms with E-state index in [9.17, 15) is 5.11 Å². The van der Waals surface area contributed by atoms with Gasteiger partial charge in [-0.1, -0.05) is 42.2 Å². The summed E-state index contributed by atoms with van der Waals surface area (Å²) in [5.41, 5.74) is 1.81. The molecule has 2 aromatic carbocycles. The molecule has 2 nitrogen and oxygen atoms in total. The Bertz CT molecular complexity index is 562. The van der Waals surface area contributed by atoms with Gasteiger partial charge in [-0.2, -0.15) is 0 Å². The summed E-state index contributed by atoms with van der Waals surface area (Å²) in [4.78, 5) is 0. The molecule has 19 heavy (non-hydrogen) atoms. The molecular formula is C17H16O2. The summed E-state index contributed by atoms with van der Waals surface area (Å²) in [6.07, 6.45) is -0.109. The third kappa shape index (κ3) is 3.87. The normalized spacial score (nSPS) is 11.3. The van der Waals surface area contributed by atoms with Crippen LogP contribution in [0.2, 0.25) is 0 Å². The number of ether oxygens (including phenoxy) is 1. The fraction of sp³-hybridized carbons (Fsp3) is 0.176. The molecule has 0 bridgehead atoms. The second-order valence-electron chi connectivity index (χ2n) is 4.16. The molecule has 0 saturated carbocycles. The number of hydrogen-bond donors (Lipinski definition) is 1. The molecule has 0 amide bonds. The minimum Gasteiger partial charge on any atom is -0.497 e. The third-order valence-corrected chi connectivity index (χ3v) is 2.80. The topological polar surface area (TPSA) is 29.5 Å². The van der Waals surface area contributed by atoms with Crippen LogP contribution in [0.25, 0.3) is 0 Å². The van der Waals surface area contributed by atoms with Crippen LogP contribution in [-0.4, -0.2) is 12.2 Å². The smallest absolute Gasteiger partial charge is 0.118 e. The van der Waals surface area contributed by atoms with Crippen molar-refractivity contribution in [2.45, 2.75) is 12.5 Å². The number of aliphatic hydroxyl groups excluding tert-OH is 1. The van der Waals surface area contributed by atoms with Crippen molar-refractivity contribution < 1.29 is 9.84 Å². The Kier molecular flexibility index (Phi) is 4.60. The molecule has 0 radical (unpaired) electrons. The molecule has 1 unspecified atom stereocenters. The van der Waals surface area contributed by atoms with Gasteiger partial charge in [0.1, 0.15) is 5.75 Å². The van der Waals surface area contributed by atoms with Gasteiger partial charge in [-0.3, -0.25) is 0 Å². The van der Waals surface area contributed by atoms with Crippen molar-refractivity contribution in [2.75, 3.05) is 7.11 Å². The van der Waals surface area contributed by atoms with Crippen LogP contribution in [0.5, 0.6) is 5.75 Å². The fourth-order valence-corrected chi connectivity index (χ4v) is 1.72. The predicted octanol–water partition coefficient (Wildman–Crippen LogP) is 3.17. The van der Waals surface area contributed by atoms with E-state index in [4.69, 9.17) is 4.74 Å². The van der Waals surface area contributed by atoms with Gasteiger partial charge in [0.2, 0.25) is 0 Å². The summed E-state index contributed by atoms with van der Waals surface area (Å²) in [6.45, 7) is 0. The highest BCUT2D eigenvalue weighted by molar-refractivity contribution is 5.38. The van der Waals surface area contributed by atoms with Crippen LogP contribution in [-0.2, 0) is 0 Å². The van der Waals surface area contributed by atoms with Gasteiger partial charge in [-0.15, -0.1) is 0 Å². The average Bonchev–Trinajstić information content (AvgIpc) is 2.49. The largest absolute Gasteiger partial charge is 0.497 e. The minimum absolute atomic E-state index is 0.427. The van der Waals surface area contributed by atoms with E-state index in [1.54, 1.807) is 7.11 Å². The van der Waals surface area contributed by atoms with Crippen molar-refractivity contribution in [2.24, 2.45) is 0 Å². The second kappa shape index (κ2) is 6.63. The van der Waals surface area contributed by atoms with Gasteiger partial charge in [-0.25, -0.2) is 0 Å². The van der Waals surface area contributed by atoms with Crippen LogP contribution in [0.15, 0.2) is 54.6 Å². The van der Waals surface area contributed by atoms with Gasteiger partial charge in [-0.05, 0) is 29.8 Å². The summed E-state index contributed by atoms with van der Waals surface area (Å²) in [6, 6.07) is 17.1. The number of aliphatic hydroxyl groups is 1. The molecule has 1 atom stereocenters. The van der Waals surface area contributed by atoms with Crippen molar-refractivity contribution in [1.82, 2.24) is 0 Å². The monoisotopic (exact) mass is 252 g/mol. The SMILES string of the molecule is COc1ccc(C#CCC(O)c2ccccc2)cc1. The Morgan fingerprint density at radius 1 is 1.05 bits per heavy atom. The molecule has 2 rings (SSSR count). The molecule has 0 spiro atoms. The van der Waals surface area contributed by atoms with Crippen molar-refractivity contribution in [3.8, 4) is 17.6 Å². The van der Waals surface area contributed by atoms with E-state index in [0.717, 1.165) is 16.9 Å².